The number of rotatable bonds is 2. The van der Waals surface area contributed by atoms with Crippen LogP contribution in [0, 0.1) is 13.8 Å². The van der Waals surface area contributed by atoms with Crippen LogP contribution in [-0.4, -0.2) is 11.2 Å². The van der Waals surface area contributed by atoms with Crippen LogP contribution in [0.5, 0.6) is 0 Å². The van der Waals surface area contributed by atoms with Gasteiger partial charge in [-0.1, -0.05) is 42.0 Å². The summed E-state index contributed by atoms with van der Waals surface area (Å²) in [6.07, 6.45) is 3.73. The standard InChI is InChI=1S/C18H16N2/c1-13-8-9-14(2)16(11-13)12-20-17-7-3-5-15-6-4-10-19-18(15)17/h3-12H,1-2H3. The molecule has 3 rings (SSSR count). The van der Waals surface area contributed by atoms with E-state index in [0.29, 0.717) is 0 Å². The zero-order valence-corrected chi connectivity index (χ0v) is 11.7. The smallest absolute Gasteiger partial charge is 0.0958 e. The van der Waals surface area contributed by atoms with Crippen molar-refractivity contribution in [1.82, 2.24) is 4.98 Å². The molecule has 0 fully saturated rings. The van der Waals surface area contributed by atoms with E-state index in [1.807, 2.05) is 24.4 Å². The molecule has 0 unspecified atom stereocenters. The predicted molar refractivity (Wildman–Crippen MR) is 84.9 cm³/mol. The van der Waals surface area contributed by atoms with Crippen molar-refractivity contribution in [2.24, 2.45) is 4.99 Å². The second-order valence-corrected chi connectivity index (χ2v) is 4.97. The molecule has 2 nitrogen and oxygen atoms in total. The summed E-state index contributed by atoms with van der Waals surface area (Å²) in [6, 6.07) is 16.5. The molecule has 0 spiro atoms. The van der Waals surface area contributed by atoms with Gasteiger partial charge in [-0.05, 0) is 37.1 Å². The number of aromatic nitrogens is 1. The van der Waals surface area contributed by atoms with E-state index in [4.69, 9.17) is 0 Å². The summed E-state index contributed by atoms with van der Waals surface area (Å²) in [5.41, 5.74) is 5.47. The maximum atomic E-state index is 4.62. The minimum atomic E-state index is 0.906. The summed E-state index contributed by atoms with van der Waals surface area (Å²) >= 11 is 0. The van der Waals surface area contributed by atoms with Gasteiger partial charge in [0.2, 0.25) is 0 Å². The molecule has 0 bridgehead atoms. The van der Waals surface area contributed by atoms with Crippen molar-refractivity contribution in [2.45, 2.75) is 13.8 Å². The van der Waals surface area contributed by atoms with E-state index in [9.17, 15) is 0 Å². The molecule has 1 heterocycles. The van der Waals surface area contributed by atoms with Crippen molar-refractivity contribution in [1.29, 1.82) is 0 Å². The van der Waals surface area contributed by atoms with E-state index in [1.54, 1.807) is 6.20 Å². The summed E-state index contributed by atoms with van der Waals surface area (Å²) in [5, 5.41) is 1.11. The van der Waals surface area contributed by atoms with Gasteiger partial charge in [-0.2, -0.15) is 0 Å². The van der Waals surface area contributed by atoms with E-state index in [0.717, 1.165) is 22.2 Å². The van der Waals surface area contributed by atoms with Crippen molar-refractivity contribution in [3.05, 3.63) is 71.4 Å². The lowest BCUT2D eigenvalue weighted by Crippen LogP contribution is -1.88. The molecule has 0 N–H and O–H groups in total. The van der Waals surface area contributed by atoms with Crippen molar-refractivity contribution >= 4 is 22.8 Å². The topological polar surface area (TPSA) is 25.2 Å². The molecule has 0 saturated heterocycles. The number of benzene rings is 2. The maximum Gasteiger partial charge on any atom is 0.0958 e. The van der Waals surface area contributed by atoms with Crippen LogP contribution in [0.4, 0.5) is 5.69 Å². The van der Waals surface area contributed by atoms with Crippen LogP contribution in [0.2, 0.25) is 0 Å². The molecule has 3 aromatic rings. The zero-order valence-electron chi connectivity index (χ0n) is 11.7. The highest BCUT2D eigenvalue weighted by Gasteiger charge is 2.00. The number of hydrogen-bond acceptors (Lipinski definition) is 2. The van der Waals surface area contributed by atoms with E-state index in [-0.39, 0.29) is 0 Å². The normalized spacial score (nSPS) is 11.3. The van der Waals surface area contributed by atoms with Gasteiger partial charge in [-0.3, -0.25) is 9.98 Å². The third kappa shape index (κ3) is 2.45. The highest BCUT2D eigenvalue weighted by Crippen LogP contribution is 2.23. The number of hydrogen-bond donors (Lipinski definition) is 0. The third-order valence-electron chi connectivity index (χ3n) is 3.39. The minimum absolute atomic E-state index is 0.906. The Labute approximate surface area is 118 Å². The average Bonchev–Trinajstić information content (AvgIpc) is 2.48. The van der Waals surface area contributed by atoms with Crippen LogP contribution in [0.3, 0.4) is 0 Å². The Balaban J connectivity index is 2.05. The first-order chi connectivity index (χ1) is 9.74. The Morgan fingerprint density at radius 1 is 1.00 bits per heavy atom. The Bertz CT molecular complexity index is 783. The van der Waals surface area contributed by atoms with Gasteiger partial charge in [-0.15, -0.1) is 0 Å². The Morgan fingerprint density at radius 3 is 2.75 bits per heavy atom. The molecule has 1 aromatic heterocycles. The second kappa shape index (κ2) is 5.25. The predicted octanol–water partition coefficient (Wildman–Crippen LogP) is 4.60. The number of pyridine rings is 1. The number of para-hydroxylation sites is 1. The molecule has 2 heteroatoms. The number of nitrogens with zero attached hydrogens (tertiary/aromatic N) is 2. The molecular formula is C18H16N2. The van der Waals surface area contributed by atoms with E-state index >= 15 is 0 Å². The molecule has 98 valence electrons. The molecular weight excluding hydrogens is 244 g/mol. The van der Waals surface area contributed by atoms with Crippen LogP contribution in [0.15, 0.2) is 59.7 Å². The van der Waals surface area contributed by atoms with Crippen LogP contribution in [0.1, 0.15) is 16.7 Å². The molecule has 0 saturated carbocycles. The van der Waals surface area contributed by atoms with Gasteiger partial charge in [0.05, 0.1) is 11.2 Å². The van der Waals surface area contributed by atoms with Crippen molar-refractivity contribution in [2.75, 3.05) is 0 Å². The summed E-state index contributed by atoms with van der Waals surface area (Å²) in [5.74, 6) is 0. The molecule has 0 amide bonds. The lowest BCUT2D eigenvalue weighted by molar-refractivity contribution is 1.37. The van der Waals surface area contributed by atoms with E-state index in [2.05, 4.69) is 54.2 Å². The van der Waals surface area contributed by atoms with Crippen molar-refractivity contribution in [3.8, 4) is 0 Å². The zero-order chi connectivity index (χ0) is 13.9. The lowest BCUT2D eigenvalue weighted by atomic mass is 10.1. The summed E-state index contributed by atoms with van der Waals surface area (Å²) in [7, 11) is 0. The van der Waals surface area contributed by atoms with Crippen LogP contribution in [-0.2, 0) is 0 Å². The van der Waals surface area contributed by atoms with Crippen molar-refractivity contribution < 1.29 is 0 Å². The fraction of sp³-hybridized carbons (Fsp3) is 0.111. The SMILES string of the molecule is Cc1ccc(C)c(C=Nc2cccc3cccnc23)c1. The van der Waals surface area contributed by atoms with Gasteiger partial charge in [0.1, 0.15) is 0 Å². The number of aliphatic imine (C=N–C) groups is 1. The maximum absolute atomic E-state index is 4.62. The lowest BCUT2D eigenvalue weighted by Gasteiger charge is -2.03. The molecule has 0 aliphatic heterocycles. The summed E-state index contributed by atoms with van der Waals surface area (Å²) < 4.78 is 0. The van der Waals surface area contributed by atoms with Crippen LogP contribution >= 0.6 is 0 Å². The monoisotopic (exact) mass is 260 g/mol. The number of aryl methyl sites for hydroxylation is 2. The Kier molecular flexibility index (Phi) is 3.30. The summed E-state index contributed by atoms with van der Waals surface area (Å²) in [6.45, 7) is 4.19. The first-order valence-electron chi connectivity index (χ1n) is 6.69. The molecule has 2 aromatic carbocycles. The fourth-order valence-electron chi connectivity index (χ4n) is 2.23. The molecule has 0 aliphatic carbocycles. The summed E-state index contributed by atoms with van der Waals surface area (Å²) in [4.78, 5) is 9.04. The fourth-order valence-corrected chi connectivity index (χ4v) is 2.23. The van der Waals surface area contributed by atoms with Crippen LogP contribution < -0.4 is 0 Å². The van der Waals surface area contributed by atoms with Gasteiger partial charge in [0.15, 0.2) is 0 Å². The van der Waals surface area contributed by atoms with Gasteiger partial charge < -0.3 is 0 Å². The molecule has 0 radical (unpaired) electrons. The Morgan fingerprint density at radius 2 is 1.85 bits per heavy atom. The van der Waals surface area contributed by atoms with E-state index < -0.39 is 0 Å². The van der Waals surface area contributed by atoms with Gasteiger partial charge >= 0.3 is 0 Å². The largest absolute Gasteiger partial charge is 0.254 e. The van der Waals surface area contributed by atoms with Gasteiger partial charge in [-0.25, -0.2) is 0 Å². The quantitative estimate of drug-likeness (QED) is 0.618. The van der Waals surface area contributed by atoms with Gasteiger partial charge in [0, 0.05) is 17.8 Å². The first-order valence-corrected chi connectivity index (χ1v) is 6.69. The van der Waals surface area contributed by atoms with E-state index in [1.165, 1.54) is 11.1 Å². The highest BCUT2D eigenvalue weighted by molar-refractivity contribution is 5.92. The second-order valence-electron chi connectivity index (χ2n) is 4.97. The third-order valence-corrected chi connectivity index (χ3v) is 3.39. The molecule has 0 atom stereocenters. The first kappa shape index (κ1) is 12.5. The van der Waals surface area contributed by atoms with Gasteiger partial charge in [0.25, 0.3) is 0 Å². The molecule has 0 aliphatic rings. The number of fused-ring (bicyclic) bond motifs is 1. The average molecular weight is 260 g/mol. The van der Waals surface area contributed by atoms with Crippen LogP contribution in [0.25, 0.3) is 10.9 Å². The Hall–Kier alpha value is -2.48. The highest BCUT2D eigenvalue weighted by atomic mass is 14.8. The molecule has 20 heavy (non-hydrogen) atoms. The van der Waals surface area contributed by atoms with Crippen molar-refractivity contribution in [3.63, 3.8) is 0 Å². The minimum Gasteiger partial charge on any atom is -0.254 e.